The zero-order valence-electron chi connectivity index (χ0n) is 15.3. The minimum Gasteiger partial charge on any atom is -0.416 e. The van der Waals surface area contributed by atoms with Gasteiger partial charge < -0.3 is 9.73 Å². The third-order valence-corrected chi connectivity index (χ3v) is 4.35. The number of carbonyl (C=O) groups is 1. The van der Waals surface area contributed by atoms with E-state index in [1.165, 1.54) is 0 Å². The van der Waals surface area contributed by atoms with Crippen LogP contribution in [0.1, 0.15) is 21.6 Å². The summed E-state index contributed by atoms with van der Waals surface area (Å²) in [5.74, 6) is 0.729. The van der Waals surface area contributed by atoms with Gasteiger partial charge in [0.15, 0.2) is 0 Å². The Balaban J connectivity index is 1.46. The highest BCUT2D eigenvalue weighted by molar-refractivity contribution is 5.94. The molecule has 0 aliphatic rings. The average molecular weight is 370 g/mol. The van der Waals surface area contributed by atoms with E-state index in [0.29, 0.717) is 23.9 Å². The Morgan fingerprint density at radius 1 is 0.929 bits per heavy atom. The fraction of sp³-hybridized carbons (Fsp3) is 0.0909. The smallest absolute Gasteiger partial charge is 0.251 e. The maximum atomic E-state index is 12.3. The van der Waals surface area contributed by atoms with Gasteiger partial charge in [-0.25, -0.2) is 0 Å². The summed E-state index contributed by atoms with van der Waals surface area (Å²) in [5.41, 5.74) is 4.10. The summed E-state index contributed by atoms with van der Waals surface area (Å²) in [4.78, 5) is 16.5. The van der Waals surface area contributed by atoms with Crippen molar-refractivity contribution in [2.24, 2.45) is 0 Å². The summed E-state index contributed by atoms with van der Waals surface area (Å²) in [6.07, 6.45) is 1.70. The zero-order valence-corrected chi connectivity index (χ0v) is 15.3. The molecule has 0 spiro atoms. The van der Waals surface area contributed by atoms with Crippen molar-refractivity contribution < 1.29 is 9.21 Å². The first-order valence-electron chi connectivity index (χ1n) is 8.89. The fourth-order valence-corrected chi connectivity index (χ4v) is 2.80. The number of aromatic nitrogens is 3. The number of pyridine rings is 1. The van der Waals surface area contributed by atoms with E-state index < -0.39 is 0 Å². The van der Waals surface area contributed by atoms with E-state index in [9.17, 15) is 4.79 Å². The van der Waals surface area contributed by atoms with Gasteiger partial charge in [0.1, 0.15) is 0 Å². The van der Waals surface area contributed by atoms with Crippen molar-refractivity contribution in [3.05, 3.63) is 89.7 Å². The highest BCUT2D eigenvalue weighted by Gasteiger charge is 2.13. The third-order valence-electron chi connectivity index (χ3n) is 4.35. The summed E-state index contributed by atoms with van der Waals surface area (Å²) in [5, 5.41) is 11.1. The lowest BCUT2D eigenvalue weighted by atomic mass is 10.1. The van der Waals surface area contributed by atoms with Crippen LogP contribution in [0.5, 0.6) is 0 Å². The number of aryl methyl sites for hydroxylation is 1. The molecule has 0 fully saturated rings. The van der Waals surface area contributed by atoms with Gasteiger partial charge in [-0.2, -0.15) is 0 Å². The van der Waals surface area contributed by atoms with Crippen molar-refractivity contribution in [1.29, 1.82) is 0 Å². The van der Waals surface area contributed by atoms with Gasteiger partial charge in [0, 0.05) is 22.9 Å². The van der Waals surface area contributed by atoms with Crippen LogP contribution in [-0.4, -0.2) is 21.1 Å². The number of amides is 1. The Morgan fingerprint density at radius 3 is 2.43 bits per heavy atom. The predicted molar refractivity (Wildman–Crippen MR) is 105 cm³/mol. The molecule has 4 aromatic rings. The monoisotopic (exact) mass is 370 g/mol. The van der Waals surface area contributed by atoms with Crippen molar-refractivity contribution in [3.8, 4) is 22.9 Å². The van der Waals surface area contributed by atoms with Crippen LogP contribution in [0.15, 0.2) is 77.3 Å². The number of hydrogen-bond acceptors (Lipinski definition) is 5. The second-order valence-corrected chi connectivity index (χ2v) is 6.31. The van der Waals surface area contributed by atoms with Crippen molar-refractivity contribution >= 4 is 5.91 Å². The minimum atomic E-state index is -0.164. The average Bonchev–Trinajstić information content (AvgIpc) is 3.23. The van der Waals surface area contributed by atoms with Crippen molar-refractivity contribution in [2.75, 3.05) is 0 Å². The van der Waals surface area contributed by atoms with Crippen LogP contribution >= 0.6 is 0 Å². The molecule has 6 nitrogen and oxygen atoms in total. The second-order valence-electron chi connectivity index (χ2n) is 6.31. The number of carbonyl (C=O) groups excluding carboxylic acids is 1. The van der Waals surface area contributed by atoms with Crippen LogP contribution in [0.4, 0.5) is 0 Å². The molecule has 1 N–H and O–H groups in total. The van der Waals surface area contributed by atoms with E-state index in [2.05, 4.69) is 20.5 Å². The fourth-order valence-electron chi connectivity index (χ4n) is 2.80. The SMILES string of the molecule is Cc1ccccc1-c1nnc(-c2ccc(C(=O)NCc3ccccn3)cc2)o1. The van der Waals surface area contributed by atoms with Gasteiger partial charge in [0.2, 0.25) is 11.8 Å². The quantitative estimate of drug-likeness (QED) is 0.573. The van der Waals surface area contributed by atoms with Gasteiger partial charge >= 0.3 is 0 Å². The lowest BCUT2D eigenvalue weighted by Gasteiger charge is -2.05. The molecule has 2 heterocycles. The topological polar surface area (TPSA) is 80.9 Å². The summed E-state index contributed by atoms with van der Waals surface area (Å²) in [7, 11) is 0. The van der Waals surface area contributed by atoms with E-state index >= 15 is 0 Å². The molecule has 0 atom stereocenters. The normalized spacial score (nSPS) is 10.6. The molecular weight excluding hydrogens is 352 g/mol. The van der Waals surface area contributed by atoms with Gasteiger partial charge in [0.05, 0.1) is 12.2 Å². The summed E-state index contributed by atoms with van der Waals surface area (Å²) >= 11 is 0. The maximum absolute atomic E-state index is 12.3. The molecule has 0 radical (unpaired) electrons. The van der Waals surface area contributed by atoms with Gasteiger partial charge in [0.25, 0.3) is 5.91 Å². The minimum absolute atomic E-state index is 0.164. The van der Waals surface area contributed by atoms with E-state index in [1.54, 1.807) is 30.5 Å². The Labute approximate surface area is 162 Å². The van der Waals surface area contributed by atoms with Crippen LogP contribution in [0.2, 0.25) is 0 Å². The van der Waals surface area contributed by atoms with E-state index in [-0.39, 0.29) is 5.91 Å². The van der Waals surface area contributed by atoms with Crippen LogP contribution in [0, 0.1) is 6.92 Å². The van der Waals surface area contributed by atoms with Crippen molar-refractivity contribution in [1.82, 2.24) is 20.5 Å². The summed E-state index contributed by atoms with van der Waals surface area (Å²) in [6.45, 7) is 2.38. The van der Waals surface area contributed by atoms with E-state index in [4.69, 9.17) is 4.42 Å². The molecule has 0 aliphatic heterocycles. The first-order chi connectivity index (χ1) is 13.7. The molecule has 0 aliphatic carbocycles. The largest absolute Gasteiger partial charge is 0.416 e. The predicted octanol–water partition coefficient (Wildman–Crippen LogP) is 4.04. The Hall–Kier alpha value is -3.80. The lowest BCUT2D eigenvalue weighted by molar-refractivity contribution is 0.0950. The van der Waals surface area contributed by atoms with Crippen LogP contribution < -0.4 is 5.32 Å². The molecule has 6 heteroatoms. The molecule has 2 aromatic heterocycles. The van der Waals surface area contributed by atoms with Crippen LogP contribution in [0.3, 0.4) is 0 Å². The number of rotatable bonds is 5. The molecule has 4 rings (SSSR count). The first-order valence-corrected chi connectivity index (χ1v) is 8.89. The first kappa shape index (κ1) is 17.6. The maximum Gasteiger partial charge on any atom is 0.251 e. The van der Waals surface area contributed by atoms with Crippen molar-refractivity contribution in [3.63, 3.8) is 0 Å². The van der Waals surface area contributed by atoms with Gasteiger partial charge in [-0.15, -0.1) is 10.2 Å². The molecular formula is C22H18N4O2. The molecule has 0 bridgehead atoms. The molecule has 28 heavy (non-hydrogen) atoms. The third kappa shape index (κ3) is 3.81. The molecule has 2 aromatic carbocycles. The van der Waals surface area contributed by atoms with Gasteiger partial charge in [-0.1, -0.05) is 24.3 Å². The molecule has 0 unspecified atom stereocenters. The van der Waals surface area contributed by atoms with E-state index in [1.807, 2.05) is 49.4 Å². The van der Waals surface area contributed by atoms with Crippen molar-refractivity contribution in [2.45, 2.75) is 13.5 Å². The Morgan fingerprint density at radius 2 is 1.68 bits per heavy atom. The Kier molecular flexibility index (Phi) is 4.93. The van der Waals surface area contributed by atoms with Gasteiger partial charge in [-0.05, 0) is 55.0 Å². The highest BCUT2D eigenvalue weighted by atomic mass is 16.4. The standard InChI is InChI=1S/C22H18N4O2/c1-15-6-2-3-8-19(15)22-26-25-21(28-22)17-11-9-16(10-12-17)20(27)24-14-18-7-4-5-13-23-18/h2-13H,14H2,1H3,(H,24,27). The highest BCUT2D eigenvalue weighted by Crippen LogP contribution is 2.26. The number of nitrogens with zero attached hydrogens (tertiary/aromatic N) is 3. The van der Waals surface area contributed by atoms with E-state index in [0.717, 1.165) is 22.4 Å². The number of nitrogens with one attached hydrogen (secondary N) is 1. The molecule has 0 saturated carbocycles. The lowest BCUT2D eigenvalue weighted by Crippen LogP contribution is -2.23. The number of benzene rings is 2. The molecule has 138 valence electrons. The zero-order chi connectivity index (χ0) is 19.3. The Bertz CT molecular complexity index is 1090. The molecule has 0 saturated heterocycles. The second kappa shape index (κ2) is 7.84. The van der Waals surface area contributed by atoms with Gasteiger partial charge in [-0.3, -0.25) is 9.78 Å². The summed E-state index contributed by atoms with van der Waals surface area (Å²) in [6, 6.07) is 20.5. The van der Waals surface area contributed by atoms with Crippen LogP contribution in [0.25, 0.3) is 22.9 Å². The summed E-state index contributed by atoms with van der Waals surface area (Å²) < 4.78 is 5.81. The number of hydrogen-bond donors (Lipinski definition) is 1. The molecule has 1 amide bonds. The van der Waals surface area contributed by atoms with Crippen LogP contribution in [-0.2, 0) is 6.54 Å².